The molecule has 0 atom stereocenters. The van der Waals surface area contributed by atoms with Gasteiger partial charge in [-0.25, -0.2) is 0 Å². The molecule has 0 spiro atoms. The van der Waals surface area contributed by atoms with Gasteiger partial charge in [0.05, 0.1) is 12.3 Å². The van der Waals surface area contributed by atoms with Crippen LogP contribution in [-0.2, 0) is 4.79 Å². The summed E-state index contributed by atoms with van der Waals surface area (Å²) in [5.74, 6) is -0.483. The van der Waals surface area contributed by atoms with Gasteiger partial charge in [0.2, 0.25) is 0 Å². The van der Waals surface area contributed by atoms with Gasteiger partial charge in [-0.3, -0.25) is 9.79 Å². The van der Waals surface area contributed by atoms with Crippen molar-refractivity contribution in [3.63, 3.8) is 0 Å². The first-order valence-electron chi connectivity index (χ1n) is 2.69. The Kier molecular flexibility index (Phi) is 3.62. The standard InChI is InChI=1S/C5H11N3O/c1-4(5(7)9)8-3-2-6/h2-3,6H2,1H3,(H2,7,9). The number of primary amides is 1. The normalized spacial score (nSPS) is 11.6. The number of rotatable bonds is 3. The van der Waals surface area contributed by atoms with E-state index >= 15 is 0 Å². The molecule has 0 bridgehead atoms. The summed E-state index contributed by atoms with van der Waals surface area (Å²) in [6.45, 7) is 2.48. The average molecular weight is 129 g/mol. The minimum Gasteiger partial charge on any atom is -0.365 e. The molecule has 9 heavy (non-hydrogen) atoms. The highest BCUT2D eigenvalue weighted by atomic mass is 16.1. The largest absolute Gasteiger partial charge is 0.365 e. The van der Waals surface area contributed by atoms with E-state index in [-0.39, 0.29) is 0 Å². The molecular formula is C5H11N3O. The SMILES string of the molecule is CC(=NCCN)C(N)=O. The van der Waals surface area contributed by atoms with Crippen LogP contribution in [0.3, 0.4) is 0 Å². The topological polar surface area (TPSA) is 81.5 Å². The van der Waals surface area contributed by atoms with Gasteiger partial charge in [0.1, 0.15) is 0 Å². The van der Waals surface area contributed by atoms with Crippen LogP contribution in [0.1, 0.15) is 6.92 Å². The maximum atomic E-state index is 10.3. The molecule has 0 aliphatic carbocycles. The average Bonchev–Trinajstić information content (AvgIpc) is 1.82. The molecule has 52 valence electrons. The molecule has 0 rings (SSSR count). The first-order chi connectivity index (χ1) is 4.18. The van der Waals surface area contributed by atoms with Gasteiger partial charge in [-0.1, -0.05) is 0 Å². The summed E-state index contributed by atoms with van der Waals surface area (Å²) < 4.78 is 0. The van der Waals surface area contributed by atoms with Crippen molar-refractivity contribution < 1.29 is 4.79 Å². The van der Waals surface area contributed by atoms with Crippen LogP contribution in [-0.4, -0.2) is 24.7 Å². The smallest absolute Gasteiger partial charge is 0.262 e. The minimum atomic E-state index is -0.483. The van der Waals surface area contributed by atoms with E-state index in [1.807, 2.05) is 0 Å². The Morgan fingerprint density at radius 1 is 1.67 bits per heavy atom. The molecule has 0 aliphatic heterocycles. The summed E-state index contributed by atoms with van der Waals surface area (Å²) >= 11 is 0. The van der Waals surface area contributed by atoms with Crippen LogP contribution >= 0.6 is 0 Å². The molecule has 0 aromatic heterocycles. The fraction of sp³-hybridized carbons (Fsp3) is 0.600. The van der Waals surface area contributed by atoms with Crippen molar-refractivity contribution in [2.24, 2.45) is 16.5 Å². The number of amides is 1. The van der Waals surface area contributed by atoms with Crippen molar-refractivity contribution in [2.75, 3.05) is 13.1 Å². The van der Waals surface area contributed by atoms with Gasteiger partial charge in [0, 0.05) is 6.54 Å². The van der Waals surface area contributed by atoms with E-state index < -0.39 is 5.91 Å². The van der Waals surface area contributed by atoms with Crippen LogP contribution in [0.15, 0.2) is 4.99 Å². The second-order valence-corrected chi connectivity index (χ2v) is 1.62. The summed E-state index contributed by atoms with van der Waals surface area (Å²) in [4.78, 5) is 14.0. The zero-order valence-corrected chi connectivity index (χ0v) is 5.42. The molecule has 4 nitrogen and oxygen atoms in total. The molecule has 0 saturated carbocycles. The molecule has 0 saturated heterocycles. The summed E-state index contributed by atoms with van der Waals surface area (Å²) in [5.41, 5.74) is 10.3. The Morgan fingerprint density at radius 3 is 2.56 bits per heavy atom. The predicted octanol–water partition coefficient (Wildman–Crippen LogP) is -1.11. The molecule has 4 heteroatoms. The number of aliphatic imine (C=N–C) groups is 1. The lowest BCUT2D eigenvalue weighted by atomic mass is 10.4. The summed E-state index contributed by atoms with van der Waals surface area (Å²) in [5, 5.41) is 0. The minimum absolute atomic E-state index is 0.334. The lowest BCUT2D eigenvalue weighted by Gasteiger charge is -1.90. The van der Waals surface area contributed by atoms with Gasteiger partial charge in [-0.15, -0.1) is 0 Å². The Bertz CT molecular complexity index is 130. The Hall–Kier alpha value is -0.900. The van der Waals surface area contributed by atoms with Gasteiger partial charge in [-0.2, -0.15) is 0 Å². The Morgan fingerprint density at radius 2 is 2.22 bits per heavy atom. The van der Waals surface area contributed by atoms with Gasteiger partial charge in [0.25, 0.3) is 5.91 Å². The van der Waals surface area contributed by atoms with Crippen LogP contribution in [0.4, 0.5) is 0 Å². The second-order valence-electron chi connectivity index (χ2n) is 1.62. The quantitative estimate of drug-likeness (QED) is 0.474. The number of hydrogen-bond donors (Lipinski definition) is 2. The number of nitrogens with two attached hydrogens (primary N) is 2. The van der Waals surface area contributed by atoms with Crippen molar-refractivity contribution >= 4 is 11.6 Å². The van der Waals surface area contributed by atoms with E-state index in [1.165, 1.54) is 0 Å². The number of nitrogens with zero attached hydrogens (tertiary/aromatic N) is 1. The lowest BCUT2D eigenvalue weighted by Crippen LogP contribution is -2.21. The monoisotopic (exact) mass is 129 g/mol. The van der Waals surface area contributed by atoms with E-state index in [4.69, 9.17) is 11.5 Å². The number of carbonyl (C=O) groups excluding carboxylic acids is 1. The highest BCUT2D eigenvalue weighted by molar-refractivity contribution is 6.37. The fourth-order valence-corrected chi connectivity index (χ4v) is 0.310. The zero-order valence-electron chi connectivity index (χ0n) is 5.42. The van der Waals surface area contributed by atoms with Crippen LogP contribution in [0.5, 0.6) is 0 Å². The second kappa shape index (κ2) is 4.03. The third-order valence-corrected chi connectivity index (χ3v) is 0.835. The van der Waals surface area contributed by atoms with Crippen molar-refractivity contribution in [1.82, 2.24) is 0 Å². The molecule has 4 N–H and O–H groups in total. The molecule has 0 fully saturated rings. The van der Waals surface area contributed by atoms with E-state index in [9.17, 15) is 4.79 Å². The van der Waals surface area contributed by atoms with E-state index in [0.29, 0.717) is 18.8 Å². The summed E-state index contributed by atoms with van der Waals surface area (Å²) in [7, 11) is 0. The highest BCUT2D eigenvalue weighted by Gasteiger charge is 1.95. The van der Waals surface area contributed by atoms with Gasteiger partial charge < -0.3 is 11.5 Å². The third kappa shape index (κ3) is 3.66. The zero-order chi connectivity index (χ0) is 7.28. The molecule has 1 amide bonds. The van der Waals surface area contributed by atoms with Crippen molar-refractivity contribution in [1.29, 1.82) is 0 Å². The van der Waals surface area contributed by atoms with E-state index in [2.05, 4.69) is 4.99 Å². The predicted molar refractivity (Wildman–Crippen MR) is 36.2 cm³/mol. The molecular weight excluding hydrogens is 118 g/mol. The van der Waals surface area contributed by atoms with Crippen molar-refractivity contribution in [2.45, 2.75) is 6.92 Å². The lowest BCUT2D eigenvalue weighted by molar-refractivity contribution is -0.112. The molecule has 0 heterocycles. The van der Waals surface area contributed by atoms with Crippen LogP contribution in [0, 0.1) is 0 Å². The summed E-state index contributed by atoms with van der Waals surface area (Å²) in [6, 6.07) is 0. The fourth-order valence-electron chi connectivity index (χ4n) is 0.310. The van der Waals surface area contributed by atoms with Gasteiger partial charge >= 0.3 is 0 Å². The Labute approximate surface area is 53.9 Å². The van der Waals surface area contributed by atoms with Crippen LogP contribution in [0.2, 0.25) is 0 Å². The third-order valence-electron chi connectivity index (χ3n) is 0.835. The van der Waals surface area contributed by atoms with Gasteiger partial charge in [-0.05, 0) is 6.92 Å². The van der Waals surface area contributed by atoms with Crippen molar-refractivity contribution in [3.05, 3.63) is 0 Å². The first kappa shape index (κ1) is 8.10. The van der Waals surface area contributed by atoms with E-state index in [1.54, 1.807) is 6.92 Å². The summed E-state index contributed by atoms with van der Waals surface area (Å²) in [6.07, 6.45) is 0. The molecule has 0 radical (unpaired) electrons. The first-order valence-corrected chi connectivity index (χ1v) is 2.69. The van der Waals surface area contributed by atoms with Crippen LogP contribution < -0.4 is 11.5 Å². The number of carbonyl (C=O) groups is 1. The molecule has 0 aliphatic rings. The van der Waals surface area contributed by atoms with Gasteiger partial charge in [0.15, 0.2) is 0 Å². The molecule has 0 aromatic carbocycles. The highest BCUT2D eigenvalue weighted by Crippen LogP contribution is 1.73. The Balaban J connectivity index is 3.69. The van der Waals surface area contributed by atoms with E-state index in [0.717, 1.165) is 0 Å². The maximum absolute atomic E-state index is 10.3. The molecule has 0 aromatic rings. The maximum Gasteiger partial charge on any atom is 0.262 e. The number of hydrogen-bond acceptors (Lipinski definition) is 3. The van der Waals surface area contributed by atoms with Crippen LogP contribution in [0.25, 0.3) is 0 Å². The molecule has 0 unspecified atom stereocenters. The van der Waals surface area contributed by atoms with Crippen molar-refractivity contribution in [3.8, 4) is 0 Å².